The minimum absolute atomic E-state index is 0.328. The number of amides is 1. The van der Waals surface area contributed by atoms with E-state index in [9.17, 15) is 14.7 Å². The summed E-state index contributed by atoms with van der Waals surface area (Å²) in [6, 6.07) is 10.8. The number of anilines is 1. The first-order chi connectivity index (χ1) is 13.8. The van der Waals surface area contributed by atoms with Gasteiger partial charge in [-0.15, -0.1) is 0 Å². The lowest BCUT2D eigenvalue weighted by Crippen LogP contribution is -2.25. The van der Waals surface area contributed by atoms with Crippen molar-refractivity contribution in [2.24, 2.45) is 0 Å². The molecule has 29 heavy (non-hydrogen) atoms. The summed E-state index contributed by atoms with van der Waals surface area (Å²) in [5, 5.41) is 17.3. The van der Waals surface area contributed by atoms with Crippen LogP contribution in [0.4, 0.5) is 5.69 Å². The maximum Gasteiger partial charge on any atom is 0.280 e. The van der Waals surface area contributed by atoms with Gasteiger partial charge in [0.05, 0.1) is 19.9 Å². The van der Waals surface area contributed by atoms with Crippen LogP contribution in [0, 0.1) is 6.92 Å². The second-order valence-electron chi connectivity index (χ2n) is 6.06. The van der Waals surface area contributed by atoms with E-state index in [0.717, 1.165) is 16.3 Å². The van der Waals surface area contributed by atoms with Gasteiger partial charge in [-0.2, -0.15) is 9.78 Å². The molecule has 0 atom stereocenters. The molecule has 0 unspecified atom stereocenters. The van der Waals surface area contributed by atoms with Gasteiger partial charge in [0.25, 0.3) is 11.5 Å². The molecule has 8 nitrogen and oxygen atoms in total. The number of hydrogen-bond acceptors (Lipinski definition) is 6. The number of ether oxygens (including phenoxy) is 2. The van der Waals surface area contributed by atoms with E-state index in [-0.39, 0.29) is 5.69 Å². The molecule has 1 amide bonds. The van der Waals surface area contributed by atoms with Crippen molar-refractivity contribution < 1.29 is 19.4 Å². The maximum absolute atomic E-state index is 12.8. The van der Waals surface area contributed by atoms with Crippen molar-refractivity contribution in [3.05, 3.63) is 69.1 Å². The minimum atomic E-state index is -0.730. The minimum Gasteiger partial charge on any atom is -0.505 e. The predicted molar refractivity (Wildman–Crippen MR) is 109 cm³/mol. The molecule has 9 heteroatoms. The second kappa shape index (κ2) is 8.24. The van der Waals surface area contributed by atoms with Crippen LogP contribution < -0.4 is 20.3 Å². The van der Waals surface area contributed by atoms with Crippen LogP contribution in [0.25, 0.3) is 5.69 Å². The van der Waals surface area contributed by atoms with Crippen molar-refractivity contribution in [3.63, 3.8) is 0 Å². The largest absolute Gasteiger partial charge is 0.505 e. The zero-order chi connectivity index (χ0) is 21.1. The highest BCUT2D eigenvalue weighted by Gasteiger charge is 2.20. The lowest BCUT2D eigenvalue weighted by atomic mass is 10.2. The number of nitrogens with one attached hydrogen (secondary N) is 1. The number of nitrogens with zero attached hydrogens (tertiary/aromatic N) is 2. The Morgan fingerprint density at radius 2 is 1.83 bits per heavy atom. The van der Waals surface area contributed by atoms with E-state index in [1.165, 1.54) is 14.2 Å². The maximum atomic E-state index is 12.8. The van der Waals surface area contributed by atoms with E-state index < -0.39 is 17.2 Å². The van der Waals surface area contributed by atoms with Gasteiger partial charge in [-0.1, -0.05) is 23.7 Å². The number of para-hydroxylation sites is 2. The van der Waals surface area contributed by atoms with Crippen LogP contribution in [0.2, 0.25) is 5.02 Å². The Morgan fingerprint density at radius 3 is 2.52 bits per heavy atom. The first kappa shape index (κ1) is 20.2. The predicted octanol–water partition coefficient (Wildman–Crippen LogP) is 3.17. The summed E-state index contributed by atoms with van der Waals surface area (Å²) in [6.07, 6.45) is 0. The molecule has 3 rings (SSSR count). The average molecular weight is 416 g/mol. The zero-order valence-corrected chi connectivity index (χ0v) is 16.6. The molecule has 1 aromatic heterocycles. The van der Waals surface area contributed by atoms with Gasteiger partial charge in [0.2, 0.25) is 0 Å². The molecule has 0 spiro atoms. The third-order valence-corrected chi connectivity index (χ3v) is 4.58. The number of benzene rings is 2. The number of halogens is 1. The Balaban J connectivity index is 2.05. The van der Waals surface area contributed by atoms with Gasteiger partial charge in [-0.3, -0.25) is 9.59 Å². The molecule has 0 aliphatic heterocycles. The van der Waals surface area contributed by atoms with Crippen molar-refractivity contribution in [2.75, 3.05) is 19.5 Å². The summed E-state index contributed by atoms with van der Waals surface area (Å²) >= 11 is 6.08. The summed E-state index contributed by atoms with van der Waals surface area (Å²) < 4.78 is 11.5. The topological polar surface area (TPSA) is 103 Å². The summed E-state index contributed by atoms with van der Waals surface area (Å²) in [5.41, 5.74) is 0.428. The van der Waals surface area contributed by atoms with Gasteiger partial charge < -0.3 is 19.9 Å². The number of methoxy groups -OCH3 is 2. The smallest absolute Gasteiger partial charge is 0.280 e. The normalized spacial score (nSPS) is 10.5. The van der Waals surface area contributed by atoms with Gasteiger partial charge >= 0.3 is 0 Å². The highest BCUT2D eigenvalue weighted by molar-refractivity contribution is 6.31. The number of hydrogen-bond donors (Lipinski definition) is 2. The van der Waals surface area contributed by atoms with Crippen molar-refractivity contribution in [2.45, 2.75) is 6.92 Å². The Labute approximate surface area is 171 Å². The molecule has 0 fully saturated rings. The van der Waals surface area contributed by atoms with Crippen molar-refractivity contribution >= 4 is 23.2 Å². The summed E-state index contributed by atoms with van der Waals surface area (Å²) in [5.74, 6) is -0.560. The quantitative estimate of drug-likeness (QED) is 0.663. The molecule has 3 aromatic rings. The lowest BCUT2D eigenvalue weighted by Gasteiger charge is -2.14. The molecule has 0 bridgehead atoms. The fourth-order valence-corrected chi connectivity index (χ4v) is 2.85. The molecule has 0 saturated carbocycles. The fourth-order valence-electron chi connectivity index (χ4n) is 2.70. The Hall–Kier alpha value is -3.52. The van der Waals surface area contributed by atoms with Crippen molar-refractivity contribution in [3.8, 4) is 22.9 Å². The first-order valence-corrected chi connectivity index (χ1v) is 8.85. The molecule has 0 saturated heterocycles. The van der Waals surface area contributed by atoms with Crippen LogP contribution in [-0.2, 0) is 0 Å². The molecule has 0 aliphatic carbocycles. The van der Waals surface area contributed by atoms with Crippen LogP contribution in [0.5, 0.6) is 17.2 Å². The standard InChI is InChI=1S/C20H18ClN3O5/c1-11-8-13(17(29-3)9-12(11)21)22-20(27)19-15(25)10-18(26)24(23-19)14-6-4-5-7-16(14)28-2/h4-10,25H,1-3H3,(H,22,27). The van der Waals surface area contributed by atoms with Crippen LogP contribution >= 0.6 is 11.6 Å². The van der Waals surface area contributed by atoms with Crippen molar-refractivity contribution in [1.82, 2.24) is 9.78 Å². The van der Waals surface area contributed by atoms with E-state index >= 15 is 0 Å². The average Bonchev–Trinajstić information content (AvgIpc) is 2.70. The zero-order valence-electron chi connectivity index (χ0n) is 15.9. The number of carbonyl (C=O) groups excluding carboxylic acids is 1. The lowest BCUT2D eigenvalue weighted by molar-refractivity contribution is 0.101. The van der Waals surface area contributed by atoms with Crippen LogP contribution in [-0.4, -0.2) is 35.0 Å². The fraction of sp³-hybridized carbons (Fsp3) is 0.150. The SMILES string of the molecule is COc1cc(Cl)c(C)cc1NC(=O)c1nn(-c2ccccc2OC)c(=O)cc1O. The first-order valence-electron chi connectivity index (χ1n) is 8.48. The summed E-state index contributed by atoms with van der Waals surface area (Å²) in [6.45, 7) is 1.77. The van der Waals surface area contributed by atoms with E-state index in [2.05, 4.69) is 10.4 Å². The van der Waals surface area contributed by atoms with Crippen LogP contribution in [0.3, 0.4) is 0 Å². The molecule has 0 aliphatic rings. The van der Waals surface area contributed by atoms with Crippen LogP contribution in [0.1, 0.15) is 16.1 Å². The van der Waals surface area contributed by atoms with Gasteiger partial charge in [0, 0.05) is 17.2 Å². The number of rotatable bonds is 5. The number of carbonyl (C=O) groups is 1. The summed E-state index contributed by atoms with van der Waals surface area (Å²) in [7, 11) is 2.89. The van der Waals surface area contributed by atoms with E-state index in [1.807, 2.05) is 0 Å². The molecule has 2 N–H and O–H groups in total. The number of aryl methyl sites for hydroxylation is 1. The molecular weight excluding hydrogens is 398 g/mol. The molecule has 150 valence electrons. The number of aromatic nitrogens is 2. The van der Waals surface area contributed by atoms with Gasteiger partial charge in [-0.05, 0) is 30.7 Å². The second-order valence-corrected chi connectivity index (χ2v) is 6.46. The number of aromatic hydroxyl groups is 1. The molecule has 0 radical (unpaired) electrons. The van der Waals surface area contributed by atoms with Crippen molar-refractivity contribution in [1.29, 1.82) is 0 Å². The third kappa shape index (κ3) is 4.02. The molecular formula is C20H18ClN3O5. The van der Waals surface area contributed by atoms with E-state index in [0.29, 0.717) is 27.9 Å². The Morgan fingerprint density at radius 1 is 1.14 bits per heavy atom. The van der Waals surface area contributed by atoms with Gasteiger partial charge in [-0.25, -0.2) is 0 Å². The van der Waals surface area contributed by atoms with Crippen LogP contribution in [0.15, 0.2) is 47.3 Å². The third-order valence-electron chi connectivity index (χ3n) is 4.17. The summed E-state index contributed by atoms with van der Waals surface area (Å²) in [4.78, 5) is 25.1. The monoisotopic (exact) mass is 415 g/mol. The Bertz CT molecular complexity index is 1140. The molecule has 1 heterocycles. The van der Waals surface area contributed by atoms with Gasteiger partial charge in [0.15, 0.2) is 11.4 Å². The van der Waals surface area contributed by atoms with E-state index in [4.69, 9.17) is 21.1 Å². The molecule has 2 aromatic carbocycles. The van der Waals surface area contributed by atoms with E-state index in [1.54, 1.807) is 43.3 Å². The highest BCUT2D eigenvalue weighted by Crippen LogP contribution is 2.31. The Kier molecular flexibility index (Phi) is 5.74. The highest BCUT2D eigenvalue weighted by atomic mass is 35.5. The van der Waals surface area contributed by atoms with Gasteiger partial charge in [0.1, 0.15) is 17.2 Å².